The molecule has 1 heterocycles. The number of hydrogen-bond acceptors (Lipinski definition) is 3. The second kappa shape index (κ2) is 6.16. The van der Waals surface area contributed by atoms with Crippen LogP contribution in [0.15, 0.2) is 17.2 Å². The number of halogens is 2. The van der Waals surface area contributed by atoms with Gasteiger partial charge < -0.3 is 0 Å². The highest BCUT2D eigenvalue weighted by molar-refractivity contribution is 6.34. The molecule has 1 amide bonds. The summed E-state index contributed by atoms with van der Waals surface area (Å²) in [4.78, 5) is 15.6. The van der Waals surface area contributed by atoms with Gasteiger partial charge in [-0.15, -0.1) is 0 Å². The van der Waals surface area contributed by atoms with Crippen LogP contribution in [0.3, 0.4) is 0 Å². The summed E-state index contributed by atoms with van der Waals surface area (Å²) >= 11 is 11.5. The van der Waals surface area contributed by atoms with Gasteiger partial charge in [-0.3, -0.25) is 4.79 Å². The maximum atomic E-state index is 11.7. The van der Waals surface area contributed by atoms with E-state index in [0.29, 0.717) is 0 Å². The molecule has 0 aliphatic heterocycles. The van der Waals surface area contributed by atoms with E-state index in [1.165, 1.54) is 18.3 Å². The minimum Gasteiger partial charge on any atom is -0.265 e. The molecule has 18 heavy (non-hydrogen) atoms. The Kier molecular flexibility index (Phi) is 4.55. The van der Waals surface area contributed by atoms with Crippen molar-refractivity contribution in [3.8, 4) is 0 Å². The quantitative estimate of drug-likeness (QED) is 0.526. The van der Waals surface area contributed by atoms with Crippen molar-refractivity contribution in [2.24, 2.45) is 5.10 Å². The zero-order valence-corrected chi connectivity index (χ0v) is 10.6. The Morgan fingerprint density at radius 3 is 2.72 bits per heavy atom. The fraction of sp³-hybridized carbons (Fsp3) is 0. The number of carbonyl (C=O) groups is 1. The normalized spacial score (nSPS) is 16.3. The van der Waals surface area contributed by atoms with E-state index in [0.717, 1.165) is 5.92 Å². The first kappa shape index (κ1) is 13.3. The largest absolute Gasteiger partial charge is 0.291 e. The van der Waals surface area contributed by atoms with Gasteiger partial charge >= 0.3 is 0 Å². The molecule has 6 heteroatoms. The summed E-state index contributed by atoms with van der Waals surface area (Å²) in [6.45, 7) is 0. The minimum absolute atomic E-state index is 0.0452. The predicted octanol–water partition coefficient (Wildman–Crippen LogP) is 2.51. The van der Waals surface area contributed by atoms with Gasteiger partial charge in [-0.2, -0.15) is 5.10 Å². The zero-order chi connectivity index (χ0) is 13.0. The van der Waals surface area contributed by atoms with Gasteiger partial charge in [-0.05, 0) is 37.8 Å². The molecule has 1 N–H and O–H groups in total. The summed E-state index contributed by atoms with van der Waals surface area (Å²) in [7, 11) is 0. The highest BCUT2D eigenvalue weighted by atomic mass is 35.5. The second-order valence-electron chi connectivity index (χ2n) is 3.38. The van der Waals surface area contributed by atoms with Crippen molar-refractivity contribution in [3.05, 3.63) is 59.6 Å². The van der Waals surface area contributed by atoms with Crippen LogP contribution in [0.4, 0.5) is 0 Å². The average Bonchev–Trinajstić information content (AvgIpc) is 2.85. The molecule has 5 radical (unpaired) electrons. The maximum absolute atomic E-state index is 11.7. The Morgan fingerprint density at radius 1 is 1.28 bits per heavy atom. The van der Waals surface area contributed by atoms with Gasteiger partial charge in [0, 0.05) is 12.1 Å². The Bertz CT molecular complexity index is 470. The number of hydrazone groups is 1. The fourth-order valence-electron chi connectivity index (χ4n) is 1.27. The van der Waals surface area contributed by atoms with E-state index in [1.807, 2.05) is 25.7 Å². The Morgan fingerprint density at radius 2 is 2.00 bits per heavy atom. The molecule has 4 nitrogen and oxygen atoms in total. The summed E-state index contributed by atoms with van der Waals surface area (Å²) in [5, 5.41) is 4.22. The molecule has 0 unspecified atom stereocenters. The van der Waals surface area contributed by atoms with Gasteiger partial charge in [-0.1, -0.05) is 23.2 Å². The Balaban J connectivity index is 1.96. The molecule has 1 aromatic rings. The summed E-state index contributed by atoms with van der Waals surface area (Å²) in [5.41, 5.74) is 2.38. The molecule has 1 aromatic heterocycles. The van der Waals surface area contributed by atoms with Gasteiger partial charge in [0.1, 0.15) is 10.8 Å². The van der Waals surface area contributed by atoms with Crippen LogP contribution in [-0.4, -0.2) is 17.1 Å². The highest BCUT2D eigenvalue weighted by Gasteiger charge is 2.15. The SMILES string of the molecule is O=C(N/N=C/[C]1[CH][CH][CH][CH]1)c1nc(Cl)ccc1Cl. The smallest absolute Gasteiger partial charge is 0.265 e. The van der Waals surface area contributed by atoms with E-state index in [9.17, 15) is 4.79 Å². The molecule has 1 aliphatic carbocycles. The average molecular weight is 281 g/mol. The van der Waals surface area contributed by atoms with Crippen molar-refractivity contribution in [1.82, 2.24) is 10.4 Å². The van der Waals surface area contributed by atoms with Crippen LogP contribution in [0.2, 0.25) is 10.2 Å². The van der Waals surface area contributed by atoms with Crippen LogP contribution in [0.25, 0.3) is 0 Å². The monoisotopic (exact) mass is 280 g/mol. The van der Waals surface area contributed by atoms with Crippen LogP contribution in [0, 0.1) is 31.6 Å². The first-order valence-electron chi connectivity index (χ1n) is 5.04. The highest BCUT2D eigenvalue weighted by Crippen LogP contribution is 2.20. The van der Waals surface area contributed by atoms with Crippen molar-refractivity contribution in [2.45, 2.75) is 0 Å². The van der Waals surface area contributed by atoms with Crippen LogP contribution >= 0.6 is 23.2 Å². The summed E-state index contributed by atoms with van der Waals surface area (Å²) in [5.74, 6) is 0.380. The van der Waals surface area contributed by atoms with E-state index < -0.39 is 5.91 Å². The third-order valence-corrected chi connectivity index (χ3v) is 2.61. The lowest BCUT2D eigenvalue weighted by Crippen LogP contribution is -2.20. The van der Waals surface area contributed by atoms with E-state index >= 15 is 0 Å². The number of pyridine rings is 1. The lowest BCUT2D eigenvalue weighted by molar-refractivity contribution is 0.0950. The molecule has 1 saturated carbocycles. The molecular formula is C12H8Cl2N3O. The van der Waals surface area contributed by atoms with Crippen molar-refractivity contribution >= 4 is 35.3 Å². The number of aromatic nitrogens is 1. The van der Waals surface area contributed by atoms with Crippen LogP contribution < -0.4 is 5.43 Å². The third-order valence-electron chi connectivity index (χ3n) is 2.10. The molecule has 0 aromatic carbocycles. The molecule has 0 atom stereocenters. The molecule has 0 bridgehead atoms. The second-order valence-corrected chi connectivity index (χ2v) is 4.18. The van der Waals surface area contributed by atoms with E-state index in [-0.39, 0.29) is 15.9 Å². The number of nitrogens with one attached hydrogen (secondary N) is 1. The molecule has 1 fully saturated rings. The summed E-state index contributed by atoms with van der Waals surface area (Å²) < 4.78 is 0. The molecule has 0 saturated heterocycles. The van der Waals surface area contributed by atoms with Crippen molar-refractivity contribution < 1.29 is 4.79 Å². The predicted molar refractivity (Wildman–Crippen MR) is 70.7 cm³/mol. The van der Waals surface area contributed by atoms with Gasteiger partial charge in [0.25, 0.3) is 5.91 Å². The molecule has 91 valence electrons. The minimum atomic E-state index is -0.509. The molecule has 1 aliphatic rings. The number of hydrogen-bond donors (Lipinski definition) is 1. The van der Waals surface area contributed by atoms with Gasteiger partial charge in [0.15, 0.2) is 0 Å². The summed E-state index contributed by atoms with van der Waals surface area (Å²) in [6, 6.07) is 3.01. The molecule has 0 spiro atoms. The van der Waals surface area contributed by atoms with Crippen LogP contribution in [0.1, 0.15) is 10.5 Å². The fourth-order valence-corrected chi connectivity index (χ4v) is 1.61. The van der Waals surface area contributed by atoms with Gasteiger partial charge in [0.2, 0.25) is 0 Å². The number of carbonyl (C=O) groups excluding carboxylic acids is 1. The summed E-state index contributed by atoms with van der Waals surface area (Å²) in [6.07, 6.45) is 8.99. The first-order chi connectivity index (χ1) is 8.66. The lowest BCUT2D eigenvalue weighted by Gasteiger charge is -2.02. The van der Waals surface area contributed by atoms with E-state index in [1.54, 1.807) is 0 Å². The molecular weight excluding hydrogens is 273 g/mol. The van der Waals surface area contributed by atoms with E-state index in [2.05, 4.69) is 15.5 Å². The zero-order valence-electron chi connectivity index (χ0n) is 9.10. The maximum Gasteiger partial charge on any atom is 0.291 e. The number of amides is 1. The standard InChI is InChI=1S/C12H8Cl2N3O/c13-9-5-6-10(14)16-11(9)12(18)17-15-7-8-3-1-2-4-8/h1-7H,(H,17,18)/b15-7+. The van der Waals surface area contributed by atoms with E-state index in [4.69, 9.17) is 23.2 Å². The lowest BCUT2D eigenvalue weighted by atomic mass is 10.1. The van der Waals surface area contributed by atoms with Gasteiger partial charge in [-0.25, -0.2) is 10.4 Å². The van der Waals surface area contributed by atoms with Crippen LogP contribution in [-0.2, 0) is 0 Å². The van der Waals surface area contributed by atoms with Crippen molar-refractivity contribution in [1.29, 1.82) is 0 Å². The van der Waals surface area contributed by atoms with Gasteiger partial charge in [0.05, 0.1) is 5.02 Å². The van der Waals surface area contributed by atoms with Crippen LogP contribution in [0.5, 0.6) is 0 Å². The Labute approximate surface area is 115 Å². The number of rotatable bonds is 3. The van der Waals surface area contributed by atoms with Crippen molar-refractivity contribution in [2.75, 3.05) is 0 Å². The third kappa shape index (κ3) is 3.43. The number of nitrogens with zero attached hydrogens (tertiary/aromatic N) is 2. The topological polar surface area (TPSA) is 54.4 Å². The Hall–Kier alpha value is -1.13. The first-order valence-corrected chi connectivity index (χ1v) is 5.79. The van der Waals surface area contributed by atoms with Crippen molar-refractivity contribution in [3.63, 3.8) is 0 Å². The molecule has 2 rings (SSSR count).